The molecule has 0 unspecified atom stereocenters. The second kappa shape index (κ2) is 8.28. The van der Waals surface area contributed by atoms with Crippen LogP contribution in [0.25, 0.3) is 0 Å². The molecule has 0 bridgehead atoms. The summed E-state index contributed by atoms with van der Waals surface area (Å²) in [6.45, 7) is 11.1. The number of methoxy groups -OCH3 is 1. The van der Waals surface area contributed by atoms with Gasteiger partial charge in [0, 0.05) is 5.41 Å². The van der Waals surface area contributed by atoms with E-state index in [1.54, 1.807) is 6.92 Å². The number of carbonyl (C=O) groups is 3. The van der Waals surface area contributed by atoms with Crippen LogP contribution in [0.15, 0.2) is 12.7 Å². The number of hydrogen-bond acceptors (Lipinski definition) is 6. The van der Waals surface area contributed by atoms with E-state index in [1.807, 2.05) is 20.8 Å². The molecular formula is C17H27NO6. The van der Waals surface area contributed by atoms with Crippen LogP contribution in [-0.2, 0) is 28.6 Å². The molecule has 1 heterocycles. The number of esters is 2. The van der Waals surface area contributed by atoms with Crippen LogP contribution in [0.1, 0.15) is 34.1 Å². The fourth-order valence-electron chi connectivity index (χ4n) is 2.65. The van der Waals surface area contributed by atoms with Crippen molar-refractivity contribution in [2.24, 2.45) is 11.3 Å². The van der Waals surface area contributed by atoms with Crippen molar-refractivity contribution in [3.63, 3.8) is 0 Å². The second-order valence-electron chi connectivity index (χ2n) is 6.67. The standard InChI is InChI=1S/C17H27NO6/c1-7-9-11(14(20)23-8-2)13(19)18-12(15(21)22-6)10-24-16(18)17(3,4)5/h7,11-12,16H,1,8-10H2,2-6H3/t11-,12-,16+/m0/s1. The van der Waals surface area contributed by atoms with Gasteiger partial charge in [-0.3, -0.25) is 14.5 Å². The summed E-state index contributed by atoms with van der Waals surface area (Å²) < 4.78 is 15.4. The molecule has 1 amide bonds. The van der Waals surface area contributed by atoms with E-state index in [9.17, 15) is 14.4 Å². The lowest BCUT2D eigenvalue weighted by molar-refractivity contribution is -0.165. The van der Waals surface area contributed by atoms with E-state index >= 15 is 0 Å². The summed E-state index contributed by atoms with van der Waals surface area (Å²) in [7, 11) is 1.25. The molecule has 1 aliphatic heterocycles. The SMILES string of the molecule is C=CC[C@H](C(=O)OCC)C(=O)N1[C@H](C(=O)OC)CO[C@@H]1C(C)(C)C. The molecule has 7 nitrogen and oxygen atoms in total. The first-order valence-corrected chi connectivity index (χ1v) is 7.98. The van der Waals surface area contributed by atoms with Crippen molar-refractivity contribution in [2.45, 2.75) is 46.4 Å². The van der Waals surface area contributed by atoms with Gasteiger partial charge in [0.2, 0.25) is 5.91 Å². The molecule has 0 N–H and O–H groups in total. The number of allylic oxidation sites excluding steroid dienone is 1. The lowest BCUT2D eigenvalue weighted by atomic mass is 9.92. The van der Waals surface area contributed by atoms with Crippen molar-refractivity contribution in [1.82, 2.24) is 4.90 Å². The first-order valence-electron chi connectivity index (χ1n) is 7.98. The normalized spacial score (nSPS) is 22.0. The van der Waals surface area contributed by atoms with Crippen LogP contribution in [0, 0.1) is 11.3 Å². The predicted octanol–water partition coefficient (Wildman–Crippen LogP) is 1.51. The molecule has 1 aliphatic rings. The quantitative estimate of drug-likeness (QED) is 0.414. The van der Waals surface area contributed by atoms with Gasteiger partial charge in [0.25, 0.3) is 0 Å². The lowest BCUT2D eigenvalue weighted by Gasteiger charge is -2.36. The van der Waals surface area contributed by atoms with Gasteiger partial charge in [0.15, 0.2) is 6.04 Å². The zero-order valence-electron chi connectivity index (χ0n) is 15.0. The maximum Gasteiger partial charge on any atom is 0.331 e. The summed E-state index contributed by atoms with van der Waals surface area (Å²) in [4.78, 5) is 38.5. The van der Waals surface area contributed by atoms with Crippen molar-refractivity contribution in [3.8, 4) is 0 Å². The van der Waals surface area contributed by atoms with Crippen molar-refractivity contribution < 1.29 is 28.6 Å². The van der Waals surface area contributed by atoms with E-state index in [-0.39, 0.29) is 19.6 Å². The highest BCUT2D eigenvalue weighted by Gasteiger charge is 2.49. The Balaban J connectivity index is 3.19. The van der Waals surface area contributed by atoms with Gasteiger partial charge in [-0.1, -0.05) is 26.8 Å². The van der Waals surface area contributed by atoms with E-state index in [0.29, 0.717) is 0 Å². The van der Waals surface area contributed by atoms with Gasteiger partial charge in [-0.25, -0.2) is 4.79 Å². The maximum absolute atomic E-state index is 13.0. The number of carbonyl (C=O) groups excluding carboxylic acids is 3. The summed E-state index contributed by atoms with van der Waals surface area (Å²) in [6, 6.07) is -0.881. The van der Waals surface area contributed by atoms with Gasteiger partial charge < -0.3 is 14.2 Å². The Hall–Kier alpha value is -1.89. The van der Waals surface area contributed by atoms with Crippen LogP contribution in [-0.4, -0.2) is 55.3 Å². The Labute approximate surface area is 142 Å². The van der Waals surface area contributed by atoms with Gasteiger partial charge in [-0.15, -0.1) is 6.58 Å². The molecule has 1 rings (SSSR count). The average Bonchev–Trinajstić information content (AvgIpc) is 2.96. The third kappa shape index (κ3) is 4.35. The van der Waals surface area contributed by atoms with Crippen LogP contribution in [0.2, 0.25) is 0 Å². The number of hydrogen-bond donors (Lipinski definition) is 0. The summed E-state index contributed by atoms with van der Waals surface area (Å²) in [5.41, 5.74) is -0.439. The Bertz CT molecular complexity index is 496. The van der Waals surface area contributed by atoms with Gasteiger partial charge in [0.05, 0.1) is 20.3 Å². The van der Waals surface area contributed by atoms with Gasteiger partial charge in [-0.2, -0.15) is 0 Å². The summed E-state index contributed by atoms with van der Waals surface area (Å²) in [5.74, 6) is -2.77. The lowest BCUT2D eigenvalue weighted by Crippen LogP contribution is -2.53. The van der Waals surface area contributed by atoms with Crippen molar-refractivity contribution >= 4 is 17.8 Å². The largest absolute Gasteiger partial charge is 0.467 e. The van der Waals surface area contributed by atoms with E-state index in [2.05, 4.69) is 6.58 Å². The molecule has 0 aliphatic carbocycles. The van der Waals surface area contributed by atoms with Gasteiger partial charge in [-0.05, 0) is 13.3 Å². The Morgan fingerprint density at radius 1 is 1.38 bits per heavy atom. The molecule has 1 fully saturated rings. The van der Waals surface area contributed by atoms with Crippen LogP contribution in [0.4, 0.5) is 0 Å². The molecular weight excluding hydrogens is 314 g/mol. The fourth-order valence-corrected chi connectivity index (χ4v) is 2.65. The molecule has 3 atom stereocenters. The van der Waals surface area contributed by atoms with E-state index in [1.165, 1.54) is 18.1 Å². The number of nitrogens with zero attached hydrogens (tertiary/aromatic N) is 1. The molecule has 136 valence electrons. The van der Waals surface area contributed by atoms with Crippen LogP contribution < -0.4 is 0 Å². The minimum absolute atomic E-state index is 0.0317. The molecule has 0 spiro atoms. The molecule has 7 heteroatoms. The highest BCUT2D eigenvalue weighted by molar-refractivity contribution is 5.99. The Kier molecular flexibility index (Phi) is 6.95. The summed E-state index contributed by atoms with van der Waals surface area (Å²) in [6.07, 6.45) is 0.963. The molecule has 0 aromatic rings. The van der Waals surface area contributed by atoms with Crippen LogP contribution in [0.3, 0.4) is 0 Å². The zero-order valence-corrected chi connectivity index (χ0v) is 15.0. The maximum atomic E-state index is 13.0. The minimum Gasteiger partial charge on any atom is -0.467 e. The first kappa shape index (κ1) is 20.2. The van der Waals surface area contributed by atoms with Crippen molar-refractivity contribution in [1.29, 1.82) is 0 Å². The zero-order chi connectivity index (χ0) is 18.5. The molecule has 0 saturated carbocycles. The Morgan fingerprint density at radius 3 is 2.46 bits per heavy atom. The molecule has 0 aromatic heterocycles. The predicted molar refractivity (Wildman–Crippen MR) is 86.8 cm³/mol. The van der Waals surface area contributed by atoms with E-state index in [4.69, 9.17) is 14.2 Å². The monoisotopic (exact) mass is 341 g/mol. The smallest absolute Gasteiger partial charge is 0.331 e. The minimum atomic E-state index is -1.05. The summed E-state index contributed by atoms with van der Waals surface area (Å²) in [5, 5.41) is 0. The Morgan fingerprint density at radius 2 is 2.00 bits per heavy atom. The van der Waals surface area contributed by atoms with Gasteiger partial charge >= 0.3 is 11.9 Å². The van der Waals surface area contributed by atoms with E-state index in [0.717, 1.165) is 0 Å². The fraction of sp³-hybridized carbons (Fsp3) is 0.706. The molecule has 24 heavy (non-hydrogen) atoms. The molecule has 0 aromatic carbocycles. The topological polar surface area (TPSA) is 82.1 Å². The van der Waals surface area contributed by atoms with Crippen molar-refractivity contribution in [2.75, 3.05) is 20.3 Å². The summed E-state index contributed by atoms with van der Waals surface area (Å²) >= 11 is 0. The number of rotatable bonds is 6. The number of amides is 1. The molecule has 0 radical (unpaired) electrons. The first-order chi connectivity index (χ1) is 11.2. The highest BCUT2D eigenvalue weighted by Crippen LogP contribution is 2.34. The van der Waals surface area contributed by atoms with Crippen LogP contribution >= 0.6 is 0 Å². The third-order valence-electron chi connectivity index (χ3n) is 3.74. The number of ether oxygens (including phenoxy) is 3. The molecule has 1 saturated heterocycles. The van der Waals surface area contributed by atoms with E-state index < -0.39 is 41.4 Å². The average molecular weight is 341 g/mol. The van der Waals surface area contributed by atoms with Crippen LogP contribution in [0.5, 0.6) is 0 Å². The van der Waals surface area contributed by atoms with Gasteiger partial charge in [0.1, 0.15) is 12.1 Å². The third-order valence-corrected chi connectivity index (χ3v) is 3.74. The van der Waals surface area contributed by atoms with Crippen molar-refractivity contribution in [3.05, 3.63) is 12.7 Å². The second-order valence-corrected chi connectivity index (χ2v) is 6.67. The highest BCUT2D eigenvalue weighted by atomic mass is 16.6.